The first-order valence-corrected chi connectivity index (χ1v) is 6.46. The van der Waals surface area contributed by atoms with Crippen molar-refractivity contribution in [3.8, 4) is 0 Å². The van der Waals surface area contributed by atoms with E-state index in [0.717, 1.165) is 12.8 Å². The van der Waals surface area contributed by atoms with Crippen LogP contribution in [0.5, 0.6) is 0 Å². The van der Waals surface area contributed by atoms with Gasteiger partial charge in [-0.3, -0.25) is 4.79 Å². The molecule has 0 radical (unpaired) electrons. The highest BCUT2D eigenvalue weighted by Gasteiger charge is 2.19. The minimum atomic E-state index is -0.187. The highest BCUT2D eigenvalue weighted by Crippen LogP contribution is 2.17. The van der Waals surface area contributed by atoms with Gasteiger partial charge >= 0.3 is 0 Å². The van der Waals surface area contributed by atoms with Gasteiger partial charge in [-0.2, -0.15) is 0 Å². The summed E-state index contributed by atoms with van der Waals surface area (Å²) in [5.74, 6) is 0.0686. The van der Waals surface area contributed by atoms with Gasteiger partial charge in [-0.15, -0.1) is 0 Å². The van der Waals surface area contributed by atoms with Crippen molar-refractivity contribution in [3.05, 3.63) is 0 Å². The van der Waals surface area contributed by atoms with Crippen LogP contribution in [-0.4, -0.2) is 49.5 Å². The Balaban J connectivity index is 2.05. The minimum absolute atomic E-state index is 0.0394. The Hall–Kier alpha value is -0.650. The molecule has 100 valence electrons. The highest BCUT2D eigenvalue weighted by atomic mass is 16.5. The van der Waals surface area contributed by atoms with Crippen molar-refractivity contribution in [1.82, 2.24) is 10.6 Å². The Morgan fingerprint density at radius 3 is 2.76 bits per heavy atom. The second-order valence-corrected chi connectivity index (χ2v) is 4.50. The van der Waals surface area contributed by atoms with Crippen LogP contribution in [0.1, 0.15) is 32.6 Å². The summed E-state index contributed by atoms with van der Waals surface area (Å²) in [6.07, 6.45) is 4.67. The molecule has 1 saturated carbocycles. The second-order valence-electron chi connectivity index (χ2n) is 4.50. The third kappa shape index (κ3) is 6.00. The van der Waals surface area contributed by atoms with Crippen LogP contribution < -0.4 is 10.6 Å². The molecular formula is C12H24N2O3. The zero-order valence-corrected chi connectivity index (χ0v) is 10.6. The van der Waals surface area contributed by atoms with Gasteiger partial charge in [0.15, 0.2) is 0 Å². The van der Waals surface area contributed by atoms with E-state index in [4.69, 9.17) is 9.84 Å². The fraction of sp³-hybridized carbons (Fsp3) is 0.917. The highest BCUT2D eigenvalue weighted by molar-refractivity contribution is 5.81. The van der Waals surface area contributed by atoms with Crippen LogP contribution in [0.4, 0.5) is 0 Å². The van der Waals surface area contributed by atoms with Gasteiger partial charge in [0.2, 0.25) is 5.91 Å². The number of hydrogen-bond donors (Lipinski definition) is 3. The average Bonchev–Trinajstić information content (AvgIpc) is 2.81. The number of carbonyl (C=O) groups is 1. The first-order valence-electron chi connectivity index (χ1n) is 6.46. The fourth-order valence-electron chi connectivity index (χ4n) is 2.00. The van der Waals surface area contributed by atoms with Gasteiger partial charge in [-0.25, -0.2) is 0 Å². The lowest BCUT2D eigenvalue weighted by Gasteiger charge is -2.17. The molecule has 0 spiro atoms. The molecule has 17 heavy (non-hydrogen) atoms. The number of aliphatic hydroxyl groups is 1. The zero-order valence-electron chi connectivity index (χ0n) is 10.6. The Morgan fingerprint density at radius 2 is 2.12 bits per heavy atom. The zero-order chi connectivity index (χ0) is 12.5. The van der Waals surface area contributed by atoms with Crippen molar-refractivity contribution in [2.75, 3.05) is 26.4 Å². The Morgan fingerprint density at radius 1 is 1.41 bits per heavy atom. The number of nitrogens with one attached hydrogen (secondary N) is 2. The van der Waals surface area contributed by atoms with Gasteiger partial charge < -0.3 is 20.5 Å². The molecule has 0 aromatic carbocycles. The van der Waals surface area contributed by atoms with Crippen LogP contribution in [0.2, 0.25) is 0 Å². The number of amides is 1. The Bertz CT molecular complexity index is 218. The second kappa shape index (κ2) is 8.44. The first kappa shape index (κ1) is 14.4. The molecule has 1 aliphatic rings. The molecular weight excluding hydrogens is 220 g/mol. The van der Waals surface area contributed by atoms with E-state index < -0.39 is 0 Å². The number of ether oxygens (including phenoxy) is 1. The number of hydrogen-bond acceptors (Lipinski definition) is 4. The third-order valence-electron chi connectivity index (χ3n) is 3.03. The topological polar surface area (TPSA) is 70.6 Å². The quantitative estimate of drug-likeness (QED) is 0.527. The lowest BCUT2D eigenvalue weighted by atomic mass is 10.2. The van der Waals surface area contributed by atoms with Crippen LogP contribution in [-0.2, 0) is 9.53 Å². The molecule has 0 aliphatic heterocycles. The fourth-order valence-corrected chi connectivity index (χ4v) is 2.00. The summed E-state index contributed by atoms with van der Waals surface area (Å²) in [5, 5.41) is 14.7. The minimum Gasteiger partial charge on any atom is -0.394 e. The van der Waals surface area contributed by atoms with Gasteiger partial charge in [0.1, 0.15) is 0 Å². The summed E-state index contributed by atoms with van der Waals surface area (Å²) in [7, 11) is 0. The molecule has 1 amide bonds. The summed E-state index contributed by atoms with van der Waals surface area (Å²) >= 11 is 0. The molecule has 1 unspecified atom stereocenters. The number of rotatable bonds is 8. The molecule has 0 aromatic rings. The van der Waals surface area contributed by atoms with E-state index in [0.29, 0.717) is 25.8 Å². The predicted molar refractivity (Wildman–Crippen MR) is 65.8 cm³/mol. The Kier molecular flexibility index (Phi) is 7.16. The van der Waals surface area contributed by atoms with Crippen molar-refractivity contribution < 1.29 is 14.6 Å². The van der Waals surface area contributed by atoms with Crippen LogP contribution >= 0.6 is 0 Å². The van der Waals surface area contributed by atoms with Crippen LogP contribution in [0, 0.1) is 0 Å². The third-order valence-corrected chi connectivity index (χ3v) is 3.03. The predicted octanol–water partition coefficient (Wildman–Crippen LogP) is 0.0322. The largest absolute Gasteiger partial charge is 0.394 e. The van der Waals surface area contributed by atoms with E-state index in [1.165, 1.54) is 12.8 Å². The molecule has 5 heteroatoms. The van der Waals surface area contributed by atoms with Crippen molar-refractivity contribution >= 4 is 5.91 Å². The van der Waals surface area contributed by atoms with Gasteiger partial charge in [-0.05, 0) is 19.8 Å². The molecule has 0 heterocycles. The van der Waals surface area contributed by atoms with Crippen LogP contribution in [0.3, 0.4) is 0 Å². The summed E-state index contributed by atoms with van der Waals surface area (Å²) in [5.41, 5.74) is 0. The van der Waals surface area contributed by atoms with Crippen molar-refractivity contribution in [1.29, 1.82) is 0 Å². The maximum absolute atomic E-state index is 11.8. The average molecular weight is 244 g/mol. The van der Waals surface area contributed by atoms with E-state index in [2.05, 4.69) is 10.6 Å². The number of carbonyl (C=O) groups excluding carboxylic acids is 1. The normalized spacial score (nSPS) is 18.2. The van der Waals surface area contributed by atoms with Gasteiger partial charge in [-0.1, -0.05) is 12.8 Å². The molecule has 1 fully saturated rings. The molecule has 1 rings (SSSR count). The van der Waals surface area contributed by atoms with Gasteiger partial charge in [0, 0.05) is 12.6 Å². The maximum Gasteiger partial charge on any atom is 0.237 e. The molecule has 1 atom stereocenters. The summed E-state index contributed by atoms with van der Waals surface area (Å²) in [6, 6.07) is 0.186. The summed E-state index contributed by atoms with van der Waals surface area (Å²) in [6.45, 7) is 3.39. The maximum atomic E-state index is 11.8. The summed E-state index contributed by atoms with van der Waals surface area (Å²) in [4.78, 5) is 11.8. The van der Waals surface area contributed by atoms with Crippen molar-refractivity contribution in [3.63, 3.8) is 0 Å². The summed E-state index contributed by atoms with van der Waals surface area (Å²) < 4.78 is 5.10. The van der Waals surface area contributed by atoms with Crippen LogP contribution in [0.15, 0.2) is 0 Å². The van der Waals surface area contributed by atoms with E-state index in [-0.39, 0.29) is 18.6 Å². The standard InChI is InChI=1S/C12H24N2O3/c1-10(13-6-8-17-9-7-15)12(16)14-11-4-2-3-5-11/h10-11,13,15H,2-9H2,1H3,(H,14,16). The first-order chi connectivity index (χ1) is 8.24. The number of aliphatic hydroxyl groups excluding tert-OH is 1. The van der Waals surface area contributed by atoms with Crippen molar-refractivity contribution in [2.24, 2.45) is 0 Å². The SMILES string of the molecule is CC(NCCOCCO)C(=O)NC1CCCC1. The molecule has 3 N–H and O–H groups in total. The molecule has 0 bridgehead atoms. The van der Waals surface area contributed by atoms with E-state index in [9.17, 15) is 4.79 Å². The van der Waals surface area contributed by atoms with E-state index in [1.54, 1.807) is 0 Å². The van der Waals surface area contributed by atoms with Gasteiger partial charge in [0.25, 0.3) is 0 Å². The van der Waals surface area contributed by atoms with Crippen LogP contribution in [0.25, 0.3) is 0 Å². The Labute approximate surface area is 103 Å². The van der Waals surface area contributed by atoms with E-state index in [1.807, 2.05) is 6.92 Å². The van der Waals surface area contributed by atoms with Crippen molar-refractivity contribution in [2.45, 2.75) is 44.7 Å². The molecule has 0 aromatic heterocycles. The smallest absolute Gasteiger partial charge is 0.237 e. The molecule has 0 saturated heterocycles. The lowest BCUT2D eigenvalue weighted by Crippen LogP contribution is -2.46. The van der Waals surface area contributed by atoms with Gasteiger partial charge in [0.05, 0.1) is 25.9 Å². The monoisotopic (exact) mass is 244 g/mol. The molecule has 1 aliphatic carbocycles. The van der Waals surface area contributed by atoms with E-state index >= 15 is 0 Å². The molecule has 5 nitrogen and oxygen atoms in total. The lowest BCUT2D eigenvalue weighted by molar-refractivity contribution is -0.123.